The first-order chi connectivity index (χ1) is 6.93. The van der Waals surface area contributed by atoms with Gasteiger partial charge in [0.2, 0.25) is 0 Å². The maximum Gasteiger partial charge on any atom is 0.414 e. The fourth-order valence-corrected chi connectivity index (χ4v) is 0.977. The van der Waals surface area contributed by atoms with Gasteiger partial charge in [-0.3, -0.25) is 0 Å². The Balaban J connectivity index is 2.99. The number of aliphatic hydroxyl groups is 1. The average Bonchev–Trinajstić information content (AvgIpc) is 2.15. The quantitative estimate of drug-likeness (QED) is 0.760. The Morgan fingerprint density at radius 3 is 2.13 bits per heavy atom. The maximum atomic E-state index is 12.4. The molecular formula is C10H8F4O. The van der Waals surface area contributed by atoms with E-state index in [0.29, 0.717) is 0 Å². The van der Waals surface area contributed by atoms with Crippen molar-refractivity contribution in [3.05, 3.63) is 41.2 Å². The molecule has 0 unspecified atom stereocenters. The first-order valence-corrected chi connectivity index (χ1v) is 4.07. The molecule has 0 aromatic heterocycles. The van der Waals surface area contributed by atoms with Crippen LogP contribution in [0.15, 0.2) is 29.8 Å². The monoisotopic (exact) mass is 220 g/mol. The van der Waals surface area contributed by atoms with Crippen LogP contribution in [0.3, 0.4) is 0 Å². The summed E-state index contributed by atoms with van der Waals surface area (Å²) in [5, 5.41) is 8.52. The second-order valence-corrected chi connectivity index (χ2v) is 2.88. The van der Waals surface area contributed by atoms with Crippen molar-refractivity contribution in [2.24, 2.45) is 0 Å². The van der Waals surface area contributed by atoms with E-state index >= 15 is 0 Å². The summed E-state index contributed by atoms with van der Waals surface area (Å²) < 4.78 is 49.0. The molecule has 0 radical (unpaired) electrons. The summed E-state index contributed by atoms with van der Waals surface area (Å²) in [5.74, 6) is -0.523. The topological polar surface area (TPSA) is 20.2 Å². The van der Waals surface area contributed by atoms with Crippen LogP contribution < -0.4 is 0 Å². The van der Waals surface area contributed by atoms with Crippen molar-refractivity contribution in [2.45, 2.75) is 6.18 Å². The van der Waals surface area contributed by atoms with E-state index in [9.17, 15) is 17.6 Å². The molecule has 1 aromatic carbocycles. The number of halogens is 4. The number of alkyl halides is 3. The van der Waals surface area contributed by atoms with Crippen molar-refractivity contribution in [1.29, 1.82) is 0 Å². The summed E-state index contributed by atoms with van der Waals surface area (Å²) in [6, 6.07) is 4.52. The molecule has 0 spiro atoms. The molecule has 0 aliphatic rings. The summed E-state index contributed by atoms with van der Waals surface area (Å²) >= 11 is 0. The molecule has 5 heteroatoms. The van der Waals surface area contributed by atoms with Gasteiger partial charge in [-0.2, -0.15) is 13.2 Å². The van der Waals surface area contributed by atoms with Gasteiger partial charge in [-0.15, -0.1) is 0 Å². The number of hydrogen-bond acceptors (Lipinski definition) is 1. The van der Waals surface area contributed by atoms with E-state index in [1.54, 1.807) is 0 Å². The van der Waals surface area contributed by atoms with Crippen LogP contribution in [0, 0.1) is 5.82 Å². The molecule has 0 saturated carbocycles. The van der Waals surface area contributed by atoms with Crippen molar-refractivity contribution < 1.29 is 22.7 Å². The van der Waals surface area contributed by atoms with E-state index in [1.807, 2.05) is 0 Å². The van der Waals surface area contributed by atoms with Crippen molar-refractivity contribution >= 4 is 6.08 Å². The van der Waals surface area contributed by atoms with E-state index in [-0.39, 0.29) is 5.56 Å². The largest absolute Gasteiger partial charge is 0.414 e. The molecule has 1 rings (SSSR count). The fraction of sp³-hybridized carbons (Fsp3) is 0.200. The van der Waals surface area contributed by atoms with E-state index in [0.717, 1.165) is 18.2 Å². The molecular weight excluding hydrogens is 212 g/mol. The number of aliphatic hydroxyl groups excluding tert-OH is 1. The molecule has 0 heterocycles. The van der Waals surface area contributed by atoms with Crippen LogP contribution in [0.25, 0.3) is 6.08 Å². The highest BCUT2D eigenvalue weighted by atomic mass is 19.4. The van der Waals surface area contributed by atoms with E-state index < -0.39 is 24.2 Å². The standard InChI is InChI=1S/C10H8F4O/c11-9-3-1-7(2-4-9)5-8(6-15)10(12,13)14/h1-5,15H,6H2/b8-5+. The van der Waals surface area contributed by atoms with Gasteiger partial charge in [-0.05, 0) is 23.8 Å². The predicted octanol–water partition coefficient (Wildman–Crippen LogP) is 2.76. The van der Waals surface area contributed by atoms with Gasteiger partial charge in [-0.25, -0.2) is 4.39 Å². The van der Waals surface area contributed by atoms with E-state index in [1.165, 1.54) is 12.1 Å². The highest BCUT2D eigenvalue weighted by Crippen LogP contribution is 2.26. The predicted molar refractivity (Wildman–Crippen MR) is 47.5 cm³/mol. The Bertz CT molecular complexity index is 351. The van der Waals surface area contributed by atoms with Crippen molar-refractivity contribution in [3.63, 3.8) is 0 Å². The second-order valence-electron chi connectivity index (χ2n) is 2.88. The zero-order chi connectivity index (χ0) is 11.5. The molecule has 0 aliphatic carbocycles. The second kappa shape index (κ2) is 4.44. The molecule has 0 atom stereocenters. The summed E-state index contributed by atoms with van der Waals surface area (Å²) in [6.45, 7) is -1.10. The number of rotatable bonds is 2. The van der Waals surface area contributed by atoms with Crippen molar-refractivity contribution in [2.75, 3.05) is 6.61 Å². The van der Waals surface area contributed by atoms with Crippen LogP contribution >= 0.6 is 0 Å². The van der Waals surface area contributed by atoms with Gasteiger partial charge in [-0.1, -0.05) is 12.1 Å². The minimum absolute atomic E-state index is 0.192. The third-order valence-corrected chi connectivity index (χ3v) is 1.75. The minimum atomic E-state index is -4.57. The number of hydrogen-bond donors (Lipinski definition) is 1. The summed E-state index contributed by atoms with van der Waals surface area (Å²) in [7, 11) is 0. The van der Waals surface area contributed by atoms with Gasteiger partial charge >= 0.3 is 6.18 Å². The lowest BCUT2D eigenvalue weighted by molar-refractivity contribution is -0.0964. The van der Waals surface area contributed by atoms with Gasteiger partial charge in [0.05, 0.1) is 12.2 Å². The lowest BCUT2D eigenvalue weighted by atomic mass is 10.1. The van der Waals surface area contributed by atoms with Gasteiger partial charge in [0.1, 0.15) is 5.82 Å². The van der Waals surface area contributed by atoms with Gasteiger partial charge in [0.15, 0.2) is 0 Å². The van der Waals surface area contributed by atoms with Crippen molar-refractivity contribution in [3.8, 4) is 0 Å². The SMILES string of the molecule is OC/C(=C\c1ccc(F)cc1)C(F)(F)F. The Labute approximate surface area is 83.7 Å². The van der Waals surface area contributed by atoms with E-state index in [2.05, 4.69) is 0 Å². The lowest BCUT2D eigenvalue weighted by Gasteiger charge is -2.08. The van der Waals surface area contributed by atoms with Crippen LogP contribution in [-0.4, -0.2) is 17.9 Å². The van der Waals surface area contributed by atoms with Crippen LogP contribution in [0.2, 0.25) is 0 Å². The average molecular weight is 220 g/mol. The van der Waals surface area contributed by atoms with Crippen LogP contribution in [0.4, 0.5) is 17.6 Å². The molecule has 0 saturated heterocycles. The highest BCUT2D eigenvalue weighted by Gasteiger charge is 2.32. The third-order valence-electron chi connectivity index (χ3n) is 1.75. The van der Waals surface area contributed by atoms with Crippen LogP contribution in [0.1, 0.15) is 5.56 Å². The molecule has 1 aromatic rings. The van der Waals surface area contributed by atoms with Gasteiger partial charge in [0.25, 0.3) is 0 Å². The van der Waals surface area contributed by atoms with Crippen molar-refractivity contribution in [1.82, 2.24) is 0 Å². The summed E-state index contributed by atoms with van der Waals surface area (Å²) in [5.41, 5.74) is -0.869. The Morgan fingerprint density at radius 2 is 1.73 bits per heavy atom. The first-order valence-electron chi connectivity index (χ1n) is 4.07. The first kappa shape index (κ1) is 11.7. The highest BCUT2D eigenvalue weighted by molar-refractivity contribution is 5.54. The van der Waals surface area contributed by atoms with Gasteiger partial charge < -0.3 is 5.11 Å². The van der Waals surface area contributed by atoms with Crippen LogP contribution in [0.5, 0.6) is 0 Å². The molecule has 1 N–H and O–H groups in total. The zero-order valence-corrected chi connectivity index (χ0v) is 7.55. The molecule has 1 nitrogen and oxygen atoms in total. The smallest absolute Gasteiger partial charge is 0.392 e. The van der Waals surface area contributed by atoms with Gasteiger partial charge in [0, 0.05) is 0 Å². The zero-order valence-electron chi connectivity index (χ0n) is 7.55. The normalized spacial score (nSPS) is 13.0. The molecule has 0 fully saturated rings. The Hall–Kier alpha value is -1.36. The summed E-state index contributed by atoms with van der Waals surface area (Å²) in [4.78, 5) is 0. The Morgan fingerprint density at radius 1 is 1.20 bits per heavy atom. The van der Waals surface area contributed by atoms with E-state index in [4.69, 9.17) is 5.11 Å². The maximum absolute atomic E-state index is 12.4. The third kappa shape index (κ3) is 3.36. The minimum Gasteiger partial charge on any atom is -0.392 e. The van der Waals surface area contributed by atoms with Crippen LogP contribution in [-0.2, 0) is 0 Å². The number of benzene rings is 1. The fourth-order valence-electron chi connectivity index (χ4n) is 0.977. The lowest BCUT2D eigenvalue weighted by Crippen LogP contribution is -2.14. The molecule has 0 amide bonds. The summed E-state index contributed by atoms with van der Waals surface area (Å²) in [6.07, 6.45) is -3.79. The Kier molecular flexibility index (Phi) is 3.47. The molecule has 15 heavy (non-hydrogen) atoms. The molecule has 0 bridgehead atoms. The molecule has 82 valence electrons. The molecule has 0 aliphatic heterocycles.